The van der Waals surface area contributed by atoms with Crippen LogP contribution < -0.4 is 9.62 Å². The second-order valence-electron chi connectivity index (χ2n) is 9.60. The molecule has 2 amide bonds. The number of carbonyl (C=O) groups is 2. The van der Waals surface area contributed by atoms with Crippen LogP contribution in [0, 0.1) is 11.7 Å². The van der Waals surface area contributed by atoms with Gasteiger partial charge in [-0.25, -0.2) is 12.8 Å². The normalized spacial score (nSPS) is 12.1. The molecule has 0 saturated heterocycles. The van der Waals surface area contributed by atoms with E-state index in [1.807, 2.05) is 44.2 Å². The van der Waals surface area contributed by atoms with Crippen LogP contribution in [0.4, 0.5) is 10.1 Å². The lowest BCUT2D eigenvalue weighted by molar-refractivity contribution is -0.140. The lowest BCUT2D eigenvalue weighted by Crippen LogP contribution is -2.53. The molecule has 3 rings (SSSR count). The van der Waals surface area contributed by atoms with Gasteiger partial charge in [0.2, 0.25) is 21.8 Å². The van der Waals surface area contributed by atoms with Gasteiger partial charge >= 0.3 is 0 Å². The minimum Gasteiger partial charge on any atom is -0.354 e. The Morgan fingerprint density at radius 3 is 2.00 bits per heavy atom. The first kappa shape index (κ1) is 28.8. The van der Waals surface area contributed by atoms with E-state index in [-0.39, 0.29) is 24.8 Å². The SMILES string of the molecule is CC(C)CNC(=O)C(Cc1ccccc1)N(Cc1ccc(F)cc1)C(=O)CN(c1ccccc1)S(C)(=O)=O. The zero-order valence-corrected chi connectivity index (χ0v) is 22.7. The summed E-state index contributed by atoms with van der Waals surface area (Å²) >= 11 is 0. The fourth-order valence-corrected chi connectivity index (χ4v) is 4.82. The molecule has 0 bridgehead atoms. The van der Waals surface area contributed by atoms with Crippen molar-refractivity contribution in [3.05, 3.63) is 102 Å². The third kappa shape index (κ3) is 8.41. The molecule has 1 N–H and O–H groups in total. The molecule has 9 heteroatoms. The van der Waals surface area contributed by atoms with Gasteiger partial charge in [0.05, 0.1) is 11.9 Å². The number of benzene rings is 3. The lowest BCUT2D eigenvalue weighted by Gasteiger charge is -2.33. The van der Waals surface area contributed by atoms with Crippen LogP contribution in [0.1, 0.15) is 25.0 Å². The van der Waals surface area contributed by atoms with Crippen LogP contribution in [0.5, 0.6) is 0 Å². The third-order valence-corrected chi connectivity index (χ3v) is 7.09. The molecule has 0 aromatic heterocycles. The van der Waals surface area contributed by atoms with Gasteiger partial charge in [0.15, 0.2) is 0 Å². The molecule has 0 saturated carbocycles. The zero-order valence-electron chi connectivity index (χ0n) is 21.9. The number of hydrogen-bond donors (Lipinski definition) is 1. The van der Waals surface area contributed by atoms with Crippen molar-refractivity contribution in [3.8, 4) is 0 Å². The van der Waals surface area contributed by atoms with Gasteiger partial charge in [-0.15, -0.1) is 0 Å². The molecule has 0 aliphatic heterocycles. The second-order valence-corrected chi connectivity index (χ2v) is 11.5. The van der Waals surface area contributed by atoms with Crippen molar-refractivity contribution >= 4 is 27.5 Å². The van der Waals surface area contributed by atoms with Crippen molar-refractivity contribution < 1.29 is 22.4 Å². The summed E-state index contributed by atoms with van der Waals surface area (Å²) in [5.41, 5.74) is 1.80. The van der Waals surface area contributed by atoms with Gasteiger partial charge in [-0.05, 0) is 41.3 Å². The average Bonchev–Trinajstić information content (AvgIpc) is 2.89. The molecular weight excluding hydrogens is 505 g/mol. The highest BCUT2D eigenvalue weighted by molar-refractivity contribution is 7.92. The number of nitrogens with one attached hydrogen (secondary N) is 1. The minimum atomic E-state index is -3.82. The number of para-hydroxylation sites is 1. The maximum absolute atomic E-state index is 13.9. The first-order valence-corrected chi connectivity index (χ1v) is 14.3. The average molecular weight is 540 g/mol. The van der Waals surface area contributed by atoms with E-state index >= 15 is 0 Å². The molecule has 202 valence electrons. The molecule has 0 radical (unpaired) electrons. The molecule has 38 heavy (non-hydrogen) atoms. The van der Waals surface area contributed by atoms with E-state index in [9.17, 15) is 22.4 Å². The van der Waals surface area contributed by atoms with Crippen molar-refractivity contribution in [1.29, 1.82) is 0 Å². The molecule has 0 heterocycles. The lowest BCUT2D eigenvalue weighted by atomic mass is 10.0. The van der Waals surface area contributed by atoms with Crippen molar-refractivity contribution in [2.24, 2.45) is 5.92 Å². The van der Waals surface area contributed by atoms with E-state index in [0.29, 0.717) is 17.8 Å². The number of carbonyl (C=O) groups excluding carboxylic acids is 2. The topological polar surface area (TPSA) is 86.8 Å². The molecular formula is C29H34FN3O4S. The molecule has 3 aromatic carbocycles. The molecule has 0 aliphatic carbocycles. The van der Waals surface area contributed by atoms with E-state index in [1.54, 1.807) is 42.5 Å². The summed E-state index contributed by atoms with van der Waals surface area (Å²) < 4.78 is 40.0. The predicted molar refractivity (Wildman–Crippen MR) is 147 cm³/mol. The minimum absolute atomic E-state index is 0.00188. The van der Waals surface area contributed by atoms with E-state index in [2.05, 4.69) is 5.32 Å². The smallest absolute Gasteiger partial charge is 0.244 e. The van der Waals surface area contributed by atoms with E-state index in [0.717, 1.165) is 16.1 Å². The number of anilines is 1. The highest BCUT2D eigenvalue weighted by atomic mass is 32.2. The number of rotatable bonds is 12. The van der Waals surface area contributed by atoms with Crippen molar-refractivity contribution in [2.75, 3.05) is 23.7 Å². The fourth-order valence-electron chi connectivity index (χ4n) is 3.97. The van der Waals surface area contributed by atoms with Crippen LogP contribution in [-0.2, 0) is 32.6 Å². The number of halogens is 1. The summed E-state index contributed by atoms with van der Waals surface area (Å²) in [5, 5.41) is 2.92. The van der Waals surface area contributed by atoms with Crippen LogP contribution in [0.25, 0.3) is 0 Å². The number of hydrogen-bond acceptors (Lipinski definition) is 4. The Kier molecular flexibility index (Phi) is 10.0. The van der Waals surface area contributed by atoms with Gasteiger partial charge in [-0.3, -0.25) is 13.9 Å². The van der Waals surface area contributed by atoms with E-state index in [1.165, 1.54) is 17.0 Å². The number of sulfonamides is 1. The maximum Gasteiger partial charge on any atom is 0.244 e. The Labute approximate surface area is 224 Å². The monoisotopic (exact) mass is 539 g/mol. The van der Waals surface area contributed by atoms with Gasteiger partial charge in [0.25, 0.3) is 0 Å². The molecule has 0 fully saturated rings. The highest BCUT2D eigenvalue weighted by Crippen LogP contribution is 2.20. The highest BCUT2D eigenvalue weighted by Gasteiger charge is 2.33. The molecule has 0 aliphatic rings. The summed E-state index contributed by atoms with van der Waals surface area (Å²) in [6.07, 6.45) is 1.26. The van der Waals surface area contributed by atoms with Gasteiger partial charge in [-0.1, -0.05) is 74.5 Å². The first-order chi connectivity index (χ1) is 18.0. The van der Waals surface area contributed by atoms with Crippen LogP contribution in [0.2, 0.25) is 0 Å². The summed E-state index contributed by atoms with van der Waals surface area (Å²) in [5.74, 6) is -1.13. The first-order valence-electron chi connectivity index (χ1n) is 12.4. The van der Waals surface area contributed by atoms with Gasteiger partial charge in [0, 0.05) is 19.5 Å². The Morgan fingerprint density at radius 2 is 1.45 bits per heavy atom. The van der Waals surface area contributed by atoms with Gasteiger partial charge in [-0.2, -0.15) is 0 Å². The number of amides is 2. The van der Waals surface area contributed by atoms with Crippen molar-refractivity contribution in [1.82, 2.24) is 10.2 Å². The van der Waals surface area contributed by atoms with Crippen LogP contribution in [0.3, 0.4) is 0 Å². The quantitative estimate of drug-likeness (QED) is 0.377. The zero-order chi connectivity index (χ0) is 27.7. The molecule has 1 unspecified atom stereocenters. The maximum atomic E-state index is 13.9. The summed E-state index contributed by atoms with van der Waals surface area (Å²) in [4.78, 5) is 28.8. The Balaban J connectivity index is 2.02. The van der Waals surface area contributed by atoms with Crippen LogP contribution in [-0.4, -0.2) is 50.5 Å². The largest absolute Gasteiger partial charge is 0.354 e. The Morgan fingerprint density at radius 1 is 0.868 bits per heavy atom. The van der Waals surface area contributed by atoms with Crippen LogP contribution in [0.15, 0.2) is 84.9 Å². The molecule has 7 nitrogen and oxygen atoms in total. The Hall–Kier alpha value is -3.72. The standard InChI is InChI=1S/C29H34FN3O4S/c1-22(2)19-31-29(35)27(18-23-10-6-4-7-11-23)32(20-24-14-16-25(30)17-15-24)28(34)21-33(38(3,36)37)26-12-8-5-9-13-26/h4-17,22,27H,18-21H2,1-3H3,(H,31,35). The summed E-state index contributed by atoms with van der Waals surface area (Å²) in [6, 6.07) is 22.4. The van der Waals surface area contributed by atoms with E-state index in [4.69, 9.17) is 0 Å². The van der Waals surface area contributed by atoms with E-state index < -0.39 is 34.3 Å². The number of nitrogens with zero attached hydrogens (tertiary/aromatic N) is 2. The molecule has 3 aromatic rings. The van der Waals surface area contributed by atoms with Gasteiger partial charge < -0.3 is 10.2 Å². The third-order valence-electron chi connectivity index (χ3n) is 5.95. The second kappa shape index (κ2) is 13.2. The van der Waals surface area contributed by atoms with Gasteiger partial charge in [0.1, 0.15) is 18.4 Å². The molecule has 0 spiro atoms. The molecule has 1 atom stereocenters. The van der Waals surface area contributed by atoms with Crippen molar-refractivity contribution in [3.63, 3.8) is 0 Å². The Bertz CT molecular complexity index is 1300. The summed E-state index contributed by atoms with van der Waals surface area (Å²) in [6.45, 7) is 3.86. The predicted octanol–water partition coefficient (Wildman–Crippen LogP) is 4.00. The van der Waals surface area contributed by atoms with Crippen molar-refractivity contribution in [2.45, 2.75) is 32.9 Å². The van der Waals surface area contributed by atoms with Crippen LogP contribution >= 0.6 is 0 Å². The summed E-state index contributed by atoms with van der Waals surface area (Å²) in [7, 11) is -3.82. The fraction of sp³-hybridized carbons (Fsp3) is 0.310.